The fraction of sp³-hybridized carbons (Fsp3) is 1.00. The van der Waals surface area contributed by atoms with Gasteiger partial charge in [0.1, 0.15) is 0 Å². The fourth-order valence-corrected chi connectivity index (χ4v) is 4.47. The molecule has 0 aromatic carbocycles. The van der Waals surface area contributed by atoms with E-state index in [1.54, 1.807) is 7.11 Å². The van der Waals surface area contributed by atoms with E-state index in [0.717, 1.165) is 6.42 Å². The molecule has 1 aliphatic rings. The highest BCUT2D eigenvalue weighted by Gasteiger charge is 2.51. The molecule has 0 heterocycles. The lowest BCUT2D eigenvalue weighted by atomic mass is 9.97. The number of hydrogen-bond acceptors (Lipinski definition) is 4. The first kappa shape index (κ1) is 12.9. The highest BCUT2D eigenvalue weighted by molar-refractivity contribution is 7.92. The molecule has 0 bridgehead atoms. The van der Waals surface area contributed by atoms with Crippen molar-refractivity contribution in [3.05, 3.63) is 0 Å². The summed E-state index contributed by atoms with van der Waals surface area (Å²) in [5.74, 6) is 0.445. The van der Waals surface area contributed by atoms with Crippen LogP contribution in [0.25, 0.3) is 0 Å². The van der Waals surface area contributed by atoms with Crippen molar-refractivity contribution < 1.29 is 13.2 Å². The summed E-state index contributed by atoms with van der Waals surface area (Å²) < 4.78 is 28.0. The summed E-state index contributed by atoms with van der Waals surface area (Å²) in [5, 5.41) is 0. The van der Waals surface area contributed by atoms with E-state index in [4.69, 9.17) is 10.5 Å². The lowest BCUT2D eigenvalue weighted by Gasteiger charge is -2.30. The van der Waals surface area contributed by atoms with E-state index in [1.165, 1.54) is 6.26 Å². The monoisotopic (exact) mass is 235 g/mol. The zero-order chi connectivity index (χ0) is 11.7. The van der Waals surface area contributed by atoms with E-state index in [-0.39, 0.29) is 12.5 Å². The second kappa shape index (κ2) is 4.39. The van der Waals surface area contributed by atoms with Gasteiger partial charge in [-0.2, -0.15) is 0 Å². The molecular formula is C10H21NO3S. The highest BCUT2D eigenvalue weighted by Crippen LogP contribution is 2.44. The van der Waals surface area contributed by atoms with Crippen molar-refractivity contribution in [2.24, 2.45) is 17.6 Å². The maximum Gasteiger partial charge on any atom is 0.154 e. The lowest BCUT2D eigenvalue weighted by Crippen LogP contribution is -2.47. The Morgan fingerprint density at radius 3 is 2.47 bits per heavy atom. The van der Waals surface area contributed by atoms with Gasteiger partial charge in [-0.15, -0.1) is 0 Å². The molecule has 0 aromatic heterocycles. The van der Waals surface area contributed by atoms with Crippen LogP contribution in [0.4, 0.5) is 0 Å². The number of rotatable bonds is 4. The van der Waals surface area contributed by atoms with Crippen LogP contribution >= 0.6 is 0 Å². The summed E-state index contributed by atoms with van der Waals surface area (Å²) in [5.41, 5.74) is 5.68. The number of methoxy groups -OCH3 is 1. The summed E-state index contributed by atoms with van der Waals surface area (Å²) in [6, 6.07) is 0. The molecule has 0 saturated heterocycles. The molecule has 3 atom stereocenters. The number of hydrogen-bond donors (Lipinski definition) is 1. The van der Waals surface area contributed by atoms with Gasteiger partial charge >= 0.3 is 0 Å². The average molecular weight is 235 g/mol. The van der Waals surface area contributed by atoms with Crippen LogP contribution in [0.2, 0.25) is 0 Å². The Balaban J connectivity index is 2.93. The zero-order valence-electron chi connectivity index (χ0n) is 9.69. The van der Waals surface area contributed by atoms with Crippen LogP contribution in [0.1, 0.15) is 19.8 Å². The largest absolute Gasteiger partial charge is 0.384 e. The molecule has 0 radical (unpaired) electrons. The van der Waals surface area contributed by atoms with Crippen molar-refractivity contribution in [3.8, 4) is 0 Å². The minimum Gasteiger partial charge on any atom is -0.384 e. The third kappa shape index (κ3) is 2.19. The van der Waals surface area contributed by atoms with Gasteiger partial charge in [-0.1, -0.05) is 6.92 Å². The van der Waals surface area contributed by atoms with Crippen LogP contribution < -0.4 is 5.73 Å². The van der Waals surface area contributed by atoms with E-state index < -0.39 is 14.6 Å². The summed E-state index contributed by atoms with van der Waals surface area (Å²) in [7, 11) is -1.45. The Labute approximate surface area is 92.1 Å². The third-order valence-electron chi connectivity index (χ3n) is 3.71. The second-order valence-corrected chi connectivity index (χ2v) is 7.06. The fourth-order valence-electron chi connectivity index (χ4n) is 2.80. The van der Waals surface area contributed by atoms with Gasteiger partial charge in [-0.05, 0) is 24.7 Å². The van der Waals surface area contributed by atoms with Crippen LogP contribution in [-0.4, -0.2) is 39.7 Å². The first-order chi connectivity index (χ1) is 6.87. The lowest BCUT2D eigenvalue weighted by molar-refractivity contribution is 0.152. The topological polar surface area (TPSA) is 69.4 Å². The maximum atomic E-state index is 11.8. The Morgan fingerprint density at radius 2 is 2.13 bits per heavy atom. The van der Waals surface area contributed by atoms with Crippen LogP contribution in [0.15, 0.2) is 0 Å². The van der Waals surface area contributed by atoms with Crippen molar-refractivity contribution in [2.75, 3.05) is 26.5 Å². The van der Waals surface area contributed by atoms with Crippen molar-refractivity contribution >= 4 is 9.84 Å². The highest BCUT2D eigenvalue weighted by atomic mass is 32.2. The standard InChI is InChI=1S/C10H21NO3S/c1-8-4-9(6-14-2)5-10(8,7-11)15(3,12)13/h8-9H,4-7,11H2,1-3H3/t8-,9-,10+/m1/s1. The molecule has 1 rings (SSSR count). The maximum absolute atomic E-state index is 11.8. The molecule has 1 fully saturated rings. The summed E-state index contributed by atoms with van der Waals surface area (Å²) in [6.07, 6.45) is 2.82. The molecule has 5 heteroatoms. The summed E-state index contributed by atoms with van der Waals surface area (Å²) in [4.78, 5) is 0. The first-order valence-corrected chi connectivity index (χ1v) is 7.15. The molecule has 2 N–H and O–H groups in total. The number of ether oxygens (including phenoxy) is 1. The second-order valence-electron chi connectivity index (χ2n) is 4.70. The smallest absolute Gasteiger partial charge is 0.154 e. The van der Waals surface area contributed by atoms with Gasteiger partial charge in [0.15, 0.2) is 9.84 Å². The normalized spacial score (nSPS) is 37.1. The van der Waals surface area contributed by atoms with E-state index in [9.17, 15) is 8.42 Å². The Hall–Kier alpha value is -0.130. The number of nitrogens with two attached hydrogens (primary N) is 1. The minimum absolute atomic E-state index is 0.123. The molecule has 0 spiro atoms. The van der Waals surface area contributed by atoms with E-state index in [2.05, 4.69) is 0 Å². The average Bonchev–Trinajstić information content (AvgIpc) is 2.43. The molecular weight excluding hydrogens is 214 g/mol. The van der Waals surface area contributed by atoms with Gasteiger partial charge in [0.2, 0.25) is 0 Å². The summed E-state index contributed by atoms with van der Waals surface area (Å²) >= 11 is 0. The Bertz CT molecular complexity index is 315. The van der Waals surface area contributed by atoms with Gasteiger partial charge in [-0.3, -0.25) is 0 Å². The molecule has 15 heavy (non-hydrogen) atoms. The first-order valence-electron chi connectivity index (χ1n) is 5.26. The van der Waals surface area contributed by atoms with Crippen molar-refractivity contribution in [1.82, 2.24) is 0 Å². The quantitative estimate of drug-likeness (QED) is 0.767. The van der Waals surface area contributed by atoms with Crippen molar-refractivity contribution in [2.45, 2.75) is 24.5 Å². The van der Waals surface area contributed by atoms with E-state index >= 15 is 0 Å². The van der Waals surface area contributed by atoms with Crippen LogP contribution in [0.3, 0.4) is 0 Å². The predicted octanol–water partition coefficient (Wildman–Crippen LogP) is 0.421. The zero-order valence-corrected chi connectivity index (χ0v) is 10.5. The van der Waals surface area contributed by atoms with Gasteiger partial charge in [0, 0.05) is 26.5 Å². The molecule has 4 nitrogen and oxygen atoms in total. The molecule has 90 valence electrons. The van der Waals surface area contributed by atoms with Crippen LogP contribution in [-0.2, 0) is 14.6 Å². The molecule has 0 amide bonds. The SMILES string of the molecule is COC[C@@H]1C[C@@H](C)[C@](CN)(S(C)(=O)=O)C1. The van der Waals surface area contributed by atoms with E-state index in [0.29, 0.717) is 18.9 Å². The van der Waals surface area contributed by atoms with Crippen molar-refractivity contribution in [1.29, 1.82) is 0 Å². The molecule has 0 unspecified atom stereocenters. The Kier molecular flexibility index (Phi) is 3.79. The van der Waals surface area contributed by atoms with Gasteiger partial charge < -0.3 is 10.5 Å². The van der Waals surface area contributed by atoms with Crippen molar-refractivity contribution in [3.63, 3.8) is 0 Å². The number of sulfone groups is 1. The van der Waals surface area contributed by atoms with Gasteiger partial charge in [0.05, 0.1) is 4.75 Å². The van der Waals surface area contributed by atoms with Gasteiger partial charge in [0.25, 0.3) is 0 Å². The summed E-state index contributed by atoms with van der Waals surface area (Å²) in [6.45, 7) is 2.82. The van der Waals surface area contributed by atoms with Gasteiger partial charge in [-0.25, -0.2) is 8.42 Å². The van der Waals surface area contributed by atoms with E-state index in [1.807, 2.05) is 6.92 Å². The molecule has 1 saturated carbocycles. The third-order valence-corrected chi connectivity index (χ3v) is 5.92. The predicted molar refractivity (Wildman–Crippen MR) is 60.4 cm³/mol. The van der Waals surface area contributed by atoms with Crippen LogP contribution in [0, 0.1) is 11.8 Å². The molecule has 0 aromatic rings. The molecule has 1 aliphatic carbocycles. The van der Waals surface area contributed by atoms with Crippen LogP contribution in [0.5, 0.6) is 0 Å². The minimum atomic E-state index is -3.10. The Morgan fingerprint density at radius 1 is 1.53 bits per heavy atom. The molecule has 0 aliphatic heterocycles.